The molecule has 0 spiro atoms. The van der Waals surface area contributed by atoms with Crippen LogP contribution >= 0.6 is 17.0 Å². The van der Waals surface area contributed by atoms with Crippen LogP contribution in [0.25, 0.3) is 21.8 Å². The van der Waals surface area contributed by atoms with Crippen LogP contribution in [-0.4, -0.2) is 4.98 Å². The first kappa shape index (κ1) is 15.1. The fourth-order valence-corrected chi connectivity index (χ4v) is 2.88. The maximum atomic E-state index is 3.59. The fraction of sp³-hybridized carbons (Fsp3) is 0.333. The molecule has 1 N–H and O–H groups in total. The highest BCUT2D eigenvalue weighted by molar-refractivity contribution is 8.93. The van der Waals surface area contributed by atoms with Gasteiger partial charge in [0.1, 0.15) is 0 Å². The summed E-state index contributed by atoms with van der Waals surface area (Å²) in [6.45, 7) is 2.26. The average molecular weight is 332 g/mol. The third-order valence-electron chi connectivity index (χ3n) is 3.93. The molecule has 1 heterocycles. The molecule has 0 bridgehead atoms. The van der Waals surface area contributed by atoms with Crippen LogP contribution in [-0.2, 0) is 6.42 Å². The predicted molar refractivity (Wildman–Crippen MR) is 94.0 cm³/mol. The Labute approximate surface area is 131 Å². The van der Waals surface area contributed by atoms with E-state index in [4.69, 9.17) is 0 Å². The van der Waals surface area contributed by atoms with E-state index in [1.165, 1.54) is 59.5 Å². The second kappa shape index (κ2) is 6.94. The zero-order valence-corrected chi connectivity index (χ0v) is 13.7. The molecule has 0 radical (unpaired) electrons. The number of benzene rings is 2. The molecule has 0 saturated heterocycles. The number of para-hydroxylation sites is 2. The van der Waals surface area contributed by atoms with Crippen LogP contribution in [0.3, 0.4) is 0 Å². The van der Waals surface area contributed by atoms with Gasteiger partial charge in [0.2, 0.25) is 0 Å². The molecule has 0 aliphatic rings. The Morgan fingerprint density at radius 3 is 2.50 bits per heavy atom. The van der Waals surface area contributed by atoms with Gasteiger partial charge in [-0.25, -0.2) is 0 Å². The number of nitrogens with one attached hydrogen (secondary N) is 1. The summed E-state index contributed by atoms with van der Waals surface area (Å²) in [5.41, 5.74) is 4.04. The number of hydrogen-bond acceptors (Lipinski definition) is 0. The predicted octanol–water partition coefficient (Wildman–Crippen LogP) is 6.02. The molecule has 0 atom stereocenters. The van der Waals surface area contributed by atoms with E-state index in [0.29, 0.717) is 0 Å². The molecule has 1 aromatic heterocycles. The zero-order chi connectivity index (χ0) is 13.1. The van der Waals surface area contributed by atoms with E-state index in [-0.39, 0.29) is 17.0 Å². The van der Waals surface area contributed by atoms with Crippen molar-refractivity contribution in [3.63, 3.8) is 0 Å². The molecule has 20 heavy (non-hydrogen) atoms. The highest BCUT2D eigenvalue weighted by Gasteiger charge is 2.06. The molecule has 106 valence electrons. The molecule has 3 aromatic rings. The smallest absolute Gasteiger partial charge is 0.0497 e. The topological polar surface area (TPSA) is 15.8 Å². The Morgan fingerprint density at radius 1 is 0.850 bits per heavy atom. The van der Waals surface area contributed by atoms with Gasteiger partial charge in [-0.05, 0) is 24.5 Å². The van der Waals surface area contributed by atoms with E-state index in [0.717, 1.165) is 0 Å². The Morgan fingerprint density at radius 2 is 1.65 bits per heavy atom. The maximum absolute atomic E-state index is 3.59. The third kappa shape index (κ3) is 2.90. The van der Waals surface area contributed by atoms with Crippen LogP contribution in [0.1, 0.15) is 38.2 Å². The lowest BCUT2D eigenvalue weighted by molar-refractivity contribution is 0.668. The lowest BCUT2D eigenvalue weighted by Crippen LogP contribution is -1.87. The monoisotopic (exact) mass is 331 g/mol. The normalized spacial score (nSPS) is 10.8. The van der Waals surface area contributed by atoms with Gasteiger partial charge >= 0.3 is 0 Å². The van der Waals surface area contributed by atoms with Gasteiger partial charge in [-0.3, -0.25) is 0 Å². The minimum atomic E-state index is 0. The number of aromatic nitrogens is 1. The maximum Gasteiger partial charge on any atom is 0.0497 e. The van der Waals surface area contributed by atoms with Crippen molar-refractivity contribution in [2.24, 2.45) is 0 Å². The summed E-state index contributed by atoms with van der Waals surface area (Å²) in [7, 11) is 0. The van der Waals surface area contributed by atoms with E-state index in [1.807, 2.05) is 0 Å². The summed E-state index contributed by atoms with van der Waals surface area (Å²) in [4.78, 5) is 3.59. The number of hydrogen-bond donors (Lipinski definition) is 1. The average Bonchev–Trinajstić information content (AvgIpc) is 2.83. The Hall–Kier alpha value is -1.28. The van der Waals surface area contributed by atoms with Crippen LogP contribution in [0.5, 0.6) is 0 Å². The second-order valence-electron chi connectivity index (χ2n) is 5.32. The first-order valence-corrected chi connectivity index (χ1v) is 7.38. The molecule has 0 fully saturated rings. The molecule has 3 rings (SSSR count). The van der Waals surface area contributed by atoms with Crippen LogP contribution < -0.4 is 0 Å². The van der Waals surface area contributed by atoms with Gasteiger partial charge in [0.05, 0.1) is 0 Å². The largest absolute Gasteiger partial charge is 0.354 e. The van der Waals surface area contributed by atoms with E-state index in [9.17, 15) is 0 Å². The first-order valence-electron chi connectivity index (χ1n) is 7.38. The van der Waals surface area contributed by atoms with Crippen LogP contribution in [0.2, 0.25) is 0 Å². The van der Waals surface area contributed by atoms with Gasteiger partial charge in [-0.2, -0.15) is 0 Å². The van der Waals surface area contributed by atoms with Crippen molar-refractivity contribution in [3.8, 4) is 0 Å². The first-order chi connectivity index (χ1) is 9.40. The van der Waals surface area contributed by atoms with Gasteiger partial charge in [0.15, 0.2) is 0 Å². The summed E-state index contributed by atoms with van der Waals surface area (Å²) in [5.74, 6) is 0. The summed E-state index contributed by atoms with van der Waals surface area (Å²) in [5, 5.41) is 2.71. The molecule has 0 amide bonds. The number of H-pyrrole nitrogens is 1. The van der Waals surface area contributed by atoms with Crippen molar-refractivity contribution >= 4 is 38.8 Å². The van der Waals surface area contributed by atoms with Gasteiger partial charge in [0, 0.05) is 21.8 Å². The molecular formula is C18H22BrN. The van der Waals surface area contributed by atoms with E-state index in [1.54, 1.807) is 0 Å². The van der Waals surface area contributed by atoms with Crippen LogP contribution in [0.15, 0.2) is 42.5 Å². The molecule has 2 heteroatoms. The fourth-order valence-electron chi connectivity index (χ4n) is 2.88. The standard InChI is InChI=1S/C18H21N.BrH/c1-2-3-4-5-9-14-10-8-12-16-15-11-6-7-13-17(15)19-18(14)16;/h6-8,10-13,19H,2-5,9H2,1H3;1H. The van der Waals surface area contributed by atoms with Crippen molar-refractivity contribution in [2.75, 3.05) is 0 Å². The Balaban J connectivity index is 0.00000147. The summed E-state index contributed by atoms with van der Waals surface area (Å²) >= 11 is 0. The van der Waals surface area contributed by atoms with Gasteiger partial charge in [0.25, 0.3) is 0 Å². The molecule has 0 unspecified atom stereocenters. The van der Waals surface area contributed by atoms with E-state index in [2.05, 4.69) is 54.4 Å². The molecular weight excluding hydrogens is 310 g/mol. The van der Waals surface area contributed by atoms with Gasteiger partial charge < -0.3 is 4.98 Å². The number of unbranched alkanes of at least 4 members (excludes halogenated alkanes) is 3. The van der Waals surface area contributed by atoms with E-state index < -0.39 is 0 Å². The number of rotatable bonds is 5. The van der Waals surface area contributed by atoms with Crippen molar-refractivity contribution in [1.82, 2.24) is 4.98 Å². The van der Waals surface area contributed by atoms with Crippen LogP contribution in [0.4, 0.5) is 0 Å². The lowest BCUT2D eigenvalue weighted by atomic mass is 10.0. The van der Waals surface area contributed by atoms with Crippen molar-refractivity contribution < 1.29 is 0 Å². The number of fused-ring (bicyclic) bond motifs is 3. The molecule has 0 aliphatic heterocycles. The summed E-state index contributed by atoms with van der Waals surface area (Å²) < 4.78 is 0. The highest BCUT2D eigenvalue weighted by atomic mass is 79.9. The number of halogens is 1. The molecule has 2 aromatic carbocycles. The second-order valence-corrected chi connectivity index (χ2v) is 5.32. The van der Waals surface area contributed by atoms with E-state index >= 15 is 0 Å². The quantitative estimate of drug-likeness (QED) is 0.550. The number of aromatic amines is 1. The van der Waals surface area contributed by atoms with Gasteiger partial charge in [-0.15, -0.1) is 17.0 Å². The minimum absolute atomic E-state index is 0. The molecule has 0 saturated carbocycles. The van der Waals surface area contributed by atoms with Crippen molar-refractivity contribution in [3.05, 3.63) is 48.0 Å². The van der Waals surface area contributed by atoms with Crippen molar-refractivity contribution in [1.29, 1.82) is 0 Å². The lowest BCUT2D eigenvalue weighted by Gasteiger charge is -2.03. The summed E-state index contributed by atoms with van der Waals surface area (Å²) in [6.07, 6.45) is 6.47. The van der Waals surface area contributed by atoms with Crippen LogP contribution in [0, 0.1) is 0 Å². The Bertz CT molecular complexity index is 684. The Kier molecular flexibility index (Phi) is 5.24. The molecule has 1 nitrogen and oxygen atoms in total. The van der Waals surface area contributed by atoms with Crippen molar-refractivity contribution in [2.45, 2.75) is 39.0 Å². The third-order valence-corrected chi connectivity index (χ3v) is 3.93. The van der Waals surface area contributed by atoms with Gasteiger partial charge in [-0.1, -0.05) is 62.6 Å². The number of aryl methyl sites for hydroxylation is 1. The summed E-state index contributed by atoms with van der Waals surface area (Å²) in [6, 6.07) is 15.3. The highest BCUT2D eigenvalue weighted by Crippen LogP contribution is 2.28. The molecule has 0 aliphatic carbocycles. The zero-order valence-electron chi connectivity index (χ0n) is 12.0. The minimum Gasteiger partial charge on any atom is -0.354 e. The SMILES string of the molecule is Br.CCCCCCc1cccc2c1[nH]c1ccccc12.